The van der Waals surface area contributed by atoms with Gasteiger partial charge in [0.2, 0.25) is 0 Å². The minimum absolute atomic E-state index is 0.193. The summed E-state index contributed by atoms with van der Waals surface area (Å²) in [6, 6.07) is 11.3. The number of hydrogen-bond donors (Lipinski definition) is 1. The van der Waals surface area contributed by atoms with Crippen molar-refractivity contribution >= 4 is 35.3 Å². The Morgan fingerprint density at radius 3 is 2.17 bits per heavy atom. The summed E-state index contributed by atoms with van der Waals surface area (Å²) in [6.07, 6.45) is -0.877. The Bertz CT molecular complexity index is 842. The van der Waals surface area contributed by atoms with E-state index >= 15 is 0 Å². The van der Waals surface area contributed by atoms with E-state index in [2.05, 4.69) is 4.74 Å². The Labute approximate surface area is 179 Å². The molecule has 8 heteroatoms. The largest absolute Gasteiger partial charge is 0.516 e. The number of nitrogens with two attached hydrogens (primary N) is 1. The molecule has 2 aromatic carbocycles. The lowest BCUT2D eigenvalue weighted by Crippen LogP contribution is -2.37. The van der Waals surface area contributed by atoms with Gasteiger partial charge in [-0.1, -0.05) is 41.4 Å². The van der Waals surface area contributed by atoms with Gasteiger partial charge in [-0.25, -0.2) is 9.59 Å². The summed E-state index contributed by atoms with van der Waals surface area (Å²) < 4.78 is 15.3. The Kier molecular flexibility index (Phi) is 7.90. The van der Waals surface area contributed by atoms with Gasteiger partial charge in [0.25, 0.3) is 0 Å². The molecule has 2 aromatic rings. The highest BCUT2D eigenvalue weighted by Gasteiger charge is 2.24. The topological polar surface area (TPSA) is 87.9 Å². The molecule has 2 rings (SSSR count). The average molecular weight is 440 g/mol. The van der Waals surface area contributed by atoms with E-state index < -0.39 is 23.8 Å². The molecule has 0 aliphatic carbocycles. The van der Waals surface area contributed by atoms with E-state index in [1.807, 2.05) is 0 Å². The van der Waals surface area contributed by atoms with Crippen LogP contribution in [0.3, 0.4) is 0 Å². The number of halogens is 2. The van der Waals surface area contributed by atoms with Gasteiger partial charge in [-0.3, -0.25) is 0 Å². The van der Waals surface area contributed by atoms with Crippen molar-refractivity contribution in [3.63, 3.8) is 0 Å². The monoisotopic (exact) mass is 439 g/mol. The fourth-order valence-electron chi connectivity index (χ4n) is 2.31. The molecule has 0 spiro atoms. The molecule has 2 N–H and O–H groups in total. The third-order valence-electron chi connectivity index (χ3n) is 3.70. The molecule has 0 bridgehead atoms. The second kappa shape index (κ2) is 9.96. The molecule has 1 atom stereocenters. The van der Waals surface area contributed by atoms with Crippen LogP contribution in [0.4, 0.5) is 4.79 Å². The van der Waals surface area contributed by atoms with Crippen molar-refractivity contribution in [1.82, 2.24) is 0 Å². The van der Waals surface area contributed by atoms with Crippen LogP contribution in [0, 0.1) is 0 Å². The molecule has 156 valence electrons. The van der Waals surface area contributed by atoms with Gasteiger partial charge in [0.05, 0.1) is 0 Å². The van der Waals surface area contributed by atoms with Crippen molar-refractivity contribution in [2.24, 2.45) is 5.73 Å². The number of carbonyl (C=O) groups excluding carboxylic acids is 2. The maximum absolute atomic E-state index is 11.9. The lowest BCUT2D eigenvalue weighted by molar-refractivity contribution is -0.142. The van der Waals surface area contributed by atoms with Crippen molar-refractivity contribution in [2.75, 3.05) is 0 Å². The van der Waals surface area contributed by atoms with Gasteiger partial charge in [-0.15, -0.1) is 0 Å². The first-order valence-corrected chi connectivity index (χ1v) is 9.65. The lowest BCUT2D eigenvalue weighted by atomic mass is 10.1. The predicted octanol–water partition coefficient (Wildman–Crippen LogP) is 4.92. The van der Waals surface area contributed by atoms with E-state index in [9.17, 15) is 9.59 Å². The SMILES string of the molecule is CC(C)(C)OC(=O)OC(=O)[C@@H](N)Cc1ccc(OCc2c(Cl)cccc2Cl)cc1. The van der Waals surface area contributed by atoms with Crippen LogP contribution in [0.15, 0.2) is 42.5 Å². The molecule has 0 heterocycles. The molecular weight excluding hydrogens is 417 g/mol. The minimum Gasteiger partial charge on any atom is -0.489 e. The number of hydrogen-bond acceptors (Lipinski definition) is 6. The van der Waals surface area contributed by atoms with Gasteiger partial charge < -0.3 is 19.9 Å². The van der Waals surface area contributed by atoms with Crippen LogP contribution in [0.1, 0.15) is 31.9 Å². The van der Waals surface area contributed by atoms with Crippen LogP contribution in [0.25, 0.3) is 0 Å². The van der Waals surface area contributed by atoms with Crippen molar-refractivity contribution in [3.8, 4) is 5.75 Å². The van der Waals surface area contributed by atoms with Gasteiger partial charge >= 0.3 is 12.1 Å². The third-order valence-corrected chi connectivity index (χ3v) is 4.41. The first-order valence-electron chi connectivity index (χ1n) is 8.90. The van der Waals surface area contributed by atoms with Crippen molar-refractivity contribution in [1.29, 1.82) is 0 Å². The second-order valence-corrected chi connectivity index (χ2v) is 8.14. The fraction of sp³-hybridized carbons (Fsp3) is 0.333. The molecule has 0 amide bonds. The minimum atomic E-state index is -1.07. The van der Waals surface area contributed by atoms with Crippen LogP contribution >= 0.6 is 23.2 Å². The molecule has 6 nitrogen and oxygen atoms in total. The number of esters is 1. The Morgan fingerprint density at radius 1 is 1.03 bits per heavy atom. The van der Waals surface area contributed by atoms with E-state index in [-0.39, 0.29) is 13.0 Å². The predicted molar refractivity (Wildman–Crippen MR) is 111 cm³/mol. The Morgan fingerprint density at radius 2 is 1.62 bits per heavy atom. The molecule has 0 aromatic heterocycles. The van der Waals surface area contributed by atoms with Crippen LogP contribution in [0.5, 0.6) is 5.75 Å². The number of carbonyl (C=O) groups is 2. The molecular formula is C21H23Cl2NO5. The quantitative estimate of drug-likeness (QED) is 0.507. The standard InChI is InChI=1S/C21H23Cl2NO5/c1-21(2,3)29-20(26)28-19(25)18(24)11-13-7-9-14(10-8-13)27-12-15-16(22)5-4-6-17(15)23/h4-10,18H,11-12,24H2,1-3H3/t18-/m0/s1. The van der Waals surface area contributed by atoms with E-state index in [4.69, 9.17) is 38.4 Å². The Hall–Kier alpha value is -2.28. The number of ether oxygens (including phenoxy) is 3. The Balaban J connectivity index is 1.88. The molecule has 0 fully saturated rings. The third kappa shape index (κ3) is 7.57. The van der Waals surface area contributed by atoms with Crippen LogP contribution in [0.2, 0.25) is 10.0 Å². The smallest absolute Gasteiger partial charge is 0.489 e. The summed E-state index contributed by atoms with van der Waals surface area (Å²) in [7, 11) is 0. The zero-order chi connectivity index (χ0) is 21.6. The van der Waals surface area contributed by atoms with Crippen molar-refractivity contribution < 1.29 is 23.8 Å². The highest BCUT2D eigenvalue weighted by atomic mass is 35.5. The van der Waals surface area contributed by atoms with E-state index in [1.165, 1.54) is 0 Å². The summed E-state index contributed by atoms with van der Waals surface area (Å²) in [5.74, 6) is -0.248. The lowest BCUT2D eigenvalue weighted by Gasteiger charge is -2.19. The molecule has 0 saturated carbocycles. The van der Waals surface area contributed by atoms with Crippen LogP contribution in [-0.2, 0) is 27.3 Å². The summed E-state index contributed by atoms with van der Waals surface area (Å²) >= 11 is 12.2. The van der Waals surface area contributed by atoms with Crippen molar-refractivity contribution in [3.05, 3.63) is 63.6 Å². The summed E-state index contributed by atoms with van der Waals surface area (Å²) in [5.41, 5.74) is 6.55. The fourth-order valence-corrected chi connectivity index (χ4v) is 2.82. The number of benzene rings is 2. The first kappa shape index (κ1) is 23.0. The molecule has 0 aliphatic rings. The van der Waals surface area contributed by atoms with Gasteiger partial charge in [0, 0.05) is 15.6 Å². The van der Waals surface area contributed by atoms with E-state index in [0.29, 0.717) is 21.4 Å². The molecule has 29 heavy (non-hydrogen) atoms. The molecule has 0 radical (unpaired) electrons. The summed E-state index contributed by atoms with van der Waals surface area (Å²) in [6.45, 7) is 5.23. The van der Waals surface area contributed by atoms with Gasteiger partial charge in [0.15, 0.2) is 0 Å². The average Bonchev–Trinajstić information content (AvgIpc) is 2.61. The zero-order valence-corrected chi connectivity index (χ0v) is 17.9. The maximum Gasteiger partial charge on any atom is 0.516 e. The van der Waals surface area contributed by atoms with Crippen LogP contribution < -0.4 is 10.5 Å². The van der Waals surface area contributed by atoms with E-state index in [1.54, 1.807) is 63.2 Å². The normalized spacial score (nSPS) is 12.2. The molecule has 0 saturated heterocycles. The number of rotatable bonds is 6. The van der Waals surface area contributed by atoms with Gasteiger partial charge in [-0.05, 0) is 57.0 Å². The maximum atomic E-state index is 11.9. The second-order valence-electron chi connectivity index (χ2n) is 7.33. The van der Waals surface area contributed by atoms with Gasteiger partial charge in [0.1, 0.15) is 24.0 Å². The van der Waals surface area contributed by atoms with Gasteiger partial charge in [-0.2, -0.15) is 0 Å². The van der Waals surface area contributed by atoms with Crippen molar-refractivity contribution in [2.45, 2.75) is 45.4 Å². The summed E-state index contributed by atoms with van der Waals surface area (Å²) in [4.78, 5) is 23.5. The molecule has 0 unspecified atom stereocenters. The zero-order valence-electron chi connectivity index (χ0n) is 16.4. The summed E-state index contributed by atoms with van der Waals surface area (Å²) in [5, 5.41) is 1.06. The van der Waals surface area contributed by atoms with E-state index in [0.717, 1.165) is 5.56 Å². The highest BCUT2D eigenvalue weighted by Crippen LogP contribution is 2.26. The van der Waals surface area contributed by atoms with Crippen LogP contribution in [-0.4, -0.2) is 23.8 Å². The molecule has 0 aliphatic heterocycles. The first-order chi connectivity index (χ1) is 13.5. The highest BCUT2D eigenvalue weighted by molar-refractivity contribution is 6.35.